The second-order valence-corrected chi connectivity index (χ2v) is 7.22. The summed E-state index contributed by atoms with van der Waals surface area (Å²) in [4.78, 5) is 2.74. The zero-order valence-electron chi connectivity index (χ0n) is 13.2. The Kier molecular flexibility index (Phi) is 3.87. The van der Waals surface area contributed by atoms with Crippen LogP contribution in [0.5, 0.6) is 0 Å². The molecule has 1 saturated heterocycles. The maximum Gasteiger partial charge on any atom is 0.0480 e. The number of hydrogen-bond donors (Lipinski definition) is 1. The molecule has 2 atom stereocenters. The van der Waals surface area contributed by atoms with E-state index in [9.17, 15) is 0 Å². The zero-order valence-corrected chi connectivity index (χ0v) is 13.2. The SMILES string of the molecule is CCNC1c2ccccc2CCC1N1CCC(C)(C)C1. The number of nitrogens with one attached hydrogen (secondary N) is 1. The van der Waals surface area contributed by atoms with Gasteiger partial charge >= 0.3 is 0 Å². The predicted octanol–water partition coefficient (Wildman–Crippen LogP) is 3.38. The molecule has 2 unspecified atom stereocenters. The molecule has 1 aliphatic heterocycles. The maximum atomic E-state index is 3.75. The lowest BCUT2D eigenvalue weighted by Gasteiger charge is -2.40. The van der Waals surface area contributed by atoms with E-state index >= 15 is 0 Å². The molecule has 0 amide bonds. The second kappa shape index (κ2) is 5.50. The van der Waals surface area contributed by atoms with Gasteiger partial charge in [0.15, 0.2) is 0 Å². The van der Waals surface area contributed by atoms with Crippen molar-refractivity contribution in [2.24, 2.45) is 5.41 Å². The van der Waals surface area contributed by atoms with E-state index in [0.717, 1.165) is 6.54 Å². The van der Waals surface area contributed by atoms with Crippen molar-refractivity contribution in [2.75, 3.05) is 19.6 Å². The molecule has 1 fully saturated rings. The number of hydrogen-bond acceptors (Lipinski definition) is 2. The highest BCUT2D eigenvalue weighted by molar-refractivity contribution is 5.34. The third-order valence-electron chi connectivity index (χ3n) is 5.08. The molecular weight excluding hydrogens is 244 g/mol. The quantitative estimate of drug-likeness (QED) is 0.907. The molecule has 1 aromatic rings. The molecule has 110 valence electrons. The van der Waals surface area contributed by atoms with E-state index in [4.69, 9.17) is 0 Å². The van der Waals surface area contributed by atoms with Gasteiger partial charge in [0.05, 0.1) is 0 Å². The largest absolute Gasteiger partial charge is 0.309 e. The molecule has 20 heavy (non-hydrogen) atoms. The minimum atomic E-state index is 0.494. The average Bonchev–Trinajstić information content (AvgIpc) is 2.79. The highest BCUT2D eigenvalue weighted by atomic mass is 15.2. The van der Waals surface area contributed by atoms with E-state index in [1.807, 2.05) is 0 Å². The maximum absolute atomic E-state index is 3.75. The van der Waals surface area contributed by atoms with Gasteiger partial charge in [0.1, 0.15) is 0 Å². The molecule has 1 N–H and O–H groups in total. The van der Waals surface area contributed by atoms with E-state index in [2.05, 4.69) is 55.3 Å². The van der Waals surface area contributed by atoms with Crippen molar-refractivity contribution in [1.82, 2.24) is 10.2 Å². The highest BCUT2D eigenvalue weighted by Gasteiger charge is 2.38. The van der Waals surface area contributed by atoms with Crippen LogP contribution >= 0.6 is 0 Å². The molecule has 1 aromatic carbocycles. The summed E-state index contributed by atoms with van der Waals surface area (Å²) in [5.74, 6) is 0. The minimum Gasteiger partial charge on any atom is -0.309 e. The van der Waals surface area contributed by atoms with Gasteiger partial charge in [0.2, 0.25) is 0 Å². The smallest absolute Gasteiger partial charge is 0.0480 e. The Balaban J connectivity index is 1.85. The summed E-state index contributed by atoms with van der Waals surface area (Å²) in [6.07, 6.45) is 3.87. The van der Waals surface area contributed by atoms with Gasteiger partial charge in [-0.05, 0) is 48.9 Å². The molecule has 0 radical (unpaired) electrons. The lowest BCUT2D eigenvalue weighted by Crippen LogP contribution is -2.46. The van der Waals surface area contributed by atoms with Gasteiger partial charge in [-0.15, -0.1) is 0 Å². The Hall–Kier alpha value is -0.860. The molecule has 0 bridgehead atoms. The van der Waals surface area contributed by atoms with Crippen LogP contribution in [0.4, 0.5) is 0 Å². The number of rotatable bonds is 3. The minimum absolute atomic E-state index is 0.494. The molecule has 3 rings (SSSR count). The number of nitrogens with zero attached hydrogens (tertiary/aromatic N) is 1. The standard InChI is InChI=1S/C18H28N2/c1-4-19-17-15-8-6-5-7-14(15)9-10-16(17)20-12-11-18(2,3)13-20/h5-8,16-17,19H,4,9-13H2,1-3H3. The van der Waals surface area contributed by atoms with Gasteiger partial charge in [-0.2, -0.15) is 0 Å². The zero-order chi connectivity index (χ0) is 14.2. The first-order chi connectivity index (χ1) is 9.61. The van der Waals surface area contributed by atoms with Crippen LogP contribution in [-0.4, -0.2) is 30.6 Å². The number of likely N-dealkylation sites (tertiary alicyclic amines) is 1. The predicted molar refractivity (Wildman–Crippen MR) is 84.9 cm³/mol. The van der Waals surface area contributed by atoms with Crippen LogP contribution in [0, 0.1) is 5.41 Å². The van der Waals surface area contributed by atoms with Crippen molar-refractivity contribution >= 4 is 0 Å². The van der Waals surface area contributed by atoms with Crippen LogP contribution < -0.4 is 5.32 Å². The summed E-state index contributed by atoms with van der Waals surface area (Å²) in [7, 11) is 0. The van der Waals surface area contributed by atoms with Crippen LogP contribution in [0.25, 0.3) is 0 Å². The van der Waals surface area contributed by atoms with Gasteiger partial charge in [0, 0.05) is 18.6 Å². The third kappa shape index (κ3) is 2.64. The van der Waals surface area contributed by atoms with Crippen LogP contribution in [-0.2, 0) is 6.42 Å². The monoisotopic (exact) mass is 272 g/mol. The molecular formula is C18H28N2. The van der Waals surface area contributed by atoms with Gasteiger partial charge in [0.25, 0.3) is 0 Å². The Morgan fingerprint density at radius 1 is 1.30 bits per heavy atom. The topological polar surface area (TPSA) is 15.3 Å². The van der Waals surface area contributed by atoms with Gasteiger partial charge in [-0.3, -0.25) is 4.90 Å². The lowest BCUT2D eigenvalue weighted by molar-refractivity contribution is 0.158. The highest BCUT2D eigenvalue weighted by Crippen LogP contribution is 2.38. The fraction of sp³-hybridized carbons (Fsp3) is 0.667. The van der Waals surface area contributed by atoms with E-state index in [0.29, 0.717) is 17.5 Å². The number of aryl methyl sites for hydroxylation is 1. The average molecular weight is 272 g/mol. The van der Waals surface area contributed by atoms with E-state index in [1.54, 1.807) is 5.56 Å². The lowest BCUT2D eigenvalue weighted by atomic mass is 9.83. The third-order valence-corrected chi connectivity index (χ3v) is 5.08. The van der Waals surface area contributed by atoms with Gasteiger partial charge in [-0.1, -0.05) is 45.0 Å². The van der Waals surface area contributed by atoms with Crippen LogP contribution in [0.2, 0.25) is 0 Å². The van der Waals surface area contributed by atoms with Crippen LogP contribution in [0.1, 0.15) is 50.8 Å². The van der Waals surface area contributed by atoms with Crippen molar-refractivity contribution in [3.63, 3.8) is 0 Å². The summed E-state index contributed by atoms with van der Waals surface area (Å²) in [5.41, 5.74) is 3.58. The summed E-state index contributed by atoms with van der Waals surface area (Å²) in [5, 5.41) is 3.75. The molecule has 1 aliphatic carbocycles. The first kappa shape index (κ1) is 14.1. The summed E-state index contributed by atoms with van der Waals surface area (Å²) in [6, 6.07) is 10.2. The van der Waals surface area contributed by atoms with E-state index < -0.39 is 0 Å². The van der Waals surface area contributed by atoms with Crippen LogP contribution in [0.3, 0.4) is 0 Å². The molecule has 2 heteroatoms. The molecule has 0 spiro atoms. The normalized spacial score (nSPS) is 29.4. The molecule has 1 heterocycles. The molecule has 2 nitrogen and oxygen atoms in total. The number of likely N-dealkylation sites (N-methyl/N-ethyl adjacent to an activating group) is 1. The van der Waals surface area contributed by atoms with Crippen molar-refractivity contribution in [3.05, 3.63) is 35.4 Å². The number of fused-ring (bicyclic) bond motifs is 1. The molecule has 0 aromatic heterocycles. The Bertz CT molecular complexity index is 466. The van der Waals surface area contributed by atoms with Gasteiger partial charge in [-0.25, -0.2) is 0 Å². The number of benzene rings is 1. The first-order valence-electron chi connectivity index (χ1n) is 8.16. The molecule has 0 saturated carbocycles. The van der Waals surface area contributed by atoms with Crippen molar-refractivity contribution in [1.29, 1.82) is 0 Å². The summed E-state index contributed by atoms with van der Waals surface area (Å²) in [6.45, 7) is 10.6. The Labute approximate surface area is 123 Å². The second-order valence-electron chi connectivity index (χ2n) is 7.22. The van der Waals surface area contributed by atoms with E-state index in [-0.39, 0.29) is 0 Å². The van der Waals surface area contributed by atoms with Crippen molar-refractivity contribution in [3.8, 4) is 0 Å². The van der Waals surface area contributed by atoms with Crippen molar-refractivity contribution < 1.29 is 0 Å². The Morgan fingerprint density at radius 3 is 2.80 bits per heavy atom. The fourth-order valence-corrected chi connectivity index (χ4v) is 4.04. The first-order valence-corrected chi connectivity index (χ1v) is 8.16. The van der Waals surface area contributed by atoms with E-state index in [1.165, 1.54) is 37.9 Å². The fourth-order valence-electron chi connectivity index (χ4n) is 4.04. The Morgan fingerprint density at radius 2 is 2.10 bits per heavy atom. The van der Waals surface area contributed by atoms with Crippen LogP contribution in [0.15, 0.2) is 24.3 Å². The van der Waals surface area contributed by atoms with Crippen molar-refractivity contribution in [2.45, 2.75) is 52.1 Å². The summed E-state index contributed by atoms with van der Waals surface area (Å²) < 4.78 is 0. The summed E-state index contributed by atoms with van der Waals surface area (Å²) >= 11 is 0. The molecule has 2 aliphatic rings. The van der Waals surface area contributed by atoms with Gasteiger partial charge < -0.3 is 5.32 Å².